The molecule has 0 fully saturated rings. The third kappa shape index (κ3) is 26.2. The first-order chi connectivity index (χ1) is 1.41. The summed E-state index contributed by atoms with van der Waals surface area (Å²) >= 11 is 0. The van der Waals surface area contributed by atoms with Gasteiger partial charge in [0.15, 0.2) is 0 Å². The van der Waals surface area contributed by atoms with Crippen molar-refractivity contribution in [3.63, 3.8) is 0 Å². The molecule has 0 N–H and O–H groups in total. The first kappa shape index (κ1) is 8.83. The second-order valence-electron chi connectivity index (χ2n) is 0.118. The smallest absolute Gasteiger partial charge is 0.868 e. The van der Waals surface area contributed by atoms with Gasteiger partial charge in [-0.3, -0.25) is 0 Å². The molecule has 0 amide bonds. The van der Waals surface area contributed by atoms with Crippen molar-refractivity contribution in [1.29, 1.82) is 0 Å². The molecule has 0 bridgehead atoms. The van der Waals surface area contributed by atoms with Gasteiger partial charge in [0.25, 0.3) is 0 Å². The summed E-state index contributed by atoms with van der Waals surface area (Å²) in [4.78, 5) is 0. The van der Waals surface area contributed by atoms with Crippen LogP contribution in [-0.4, -0.2) is 6.79 Å². The van der Waals surface area contributed by atoms with Gasteiger partial charge in [-0.2, -0.15) is 0 Å². The quantitative estimate of drug-likeness (QED) is 0.254. The van der Waals surface area contributed by atoms with Gasteiger partial charge in [-0.25, -0.2) is 6.79 Å². The molecule has 0 heterocycles. The first-order valence-electron chi connectivity index (χ1n) is 0.577. The van der Waals surface area contributed by atoms with Crippen molar-refractivity contribution in [3.8, 4) is 0 Å². The van der Waals surface area contributed by atoms with Gasteiger partial charge >= 0.3 is 17.1 Å². The van der Waals surface area contributed by atoms with Crippen LogP contribution in [0.4, 0.5) is 0 Å². The van der Waals surface area contributed by atoms with Crippen molar-refractivity contribution in [1.82, 2.24) is 0 Å². The molecular formula is CH2FeO2. The Morgan fingerprint density at radius 3 is 1.25 bits per heavy atom. The summed E-state index contributed by atoms with van der Waals surface area (Å²) in [5, 5.41) is 16.8. The Kier molecular flexibility index (Phi) is 21.8. The van der Waals surface area contributed by atoms with Crippen LogP contribution in [0.25, 0.3) is 0 Å². The van der Waals surface area contributed by atoms with E-state index in [9.17, 15) is 0 Å². The average molecular weight is 102 g/mol. The maximum atomic E-state index is 8.38. The molecule has 0 aromatic rings. The van der Waals surface area contributed by atoms with E-state index in [1.807, 2.05) is 0 Å². The fraction of sp³-hybridized carbons (Fsp3) is 1.00. The minimum atomic E-state index is -1.25. The van der Waals surface area contributed by atoms with E-state index >= 15 is 0 Å². The Bertz CT molecular complexity index is 6.00. The molecule has 0 aliphatic carbocycles. The average Bonchev–Trinajstić information content (AvgIpc) is 0.918. The number of hydrogen-bond acceptors (Lipinski definition) is 2. The minimum absolute atomic E-state index is 0. The van der Waals surface area contributed by atoms with Crippen LogP contribution < -0.4 is 10.2 Å². The van der Waals surface area contributed by atoms with Crippen molar-refractivity contribution in [3.05, 3.63) is 0 Å². The van der Waals surface area contributed by atoms with Crippen LogP contribution in [0.1, 0.15) is 0 Å². The third-order valence-corrected chi connectivity index (χ3v) is 0. The van der Waals surface area contributed by atoms with Crippen molar-refractivity contribution in [2.24, 2.45) is 0 Å². The summed E-state index contributed by atoms with van der Waals surface area (Å²) < 4.78 is 0. The van der Waals surface area contributed by atoms with Crippen molar-refractivity contribution in [2.75, 3.05) is 6.79 Å². The molecule has 0 aromatic heterocycles. The van der Waals surface area contributed by atoms with Crippen molar-refractivity contribution < 1.29 is 27.3 Å². The fourth-order valence-electron chi connectivity index (χ4n) is 0. The molecule has 0 spiro atoms. The van der Waals surface area contributed by atoms with E-state index in [1.165, 1.54) is 0 Å². The summed E-state index contributed by atoms with van der Waals surface area (Å²) in [7, 11) is 0. The van der Waals surface area contributed by atoms with Gasteiger partial charge in [-0.15, -0.1) is 0 Å². The minimum Gasteiger partial charge on any atom is -0.868 e. The Morgan fingerprint density at radius 2 is 1.25 bits per heavy atom. The Morgan fingerprint density at radius 1 is 1.25 bits per heavy atom. The summed E-state index contributed by atoms with van der Waals surface area (Å²) in [6, 6.07) is 0. The molecule has 4 heavy (non-hydrogen) atoms. The SMILES string of the molecule is [Fe+2].[O-]C[O-]. The van der Waals surface area contributed by atoms with Gasteiger partial charge in [-0.1, -0.05) is 0 Å². The van der Waals surface area contributed by atoms with Crippen LogP contribution >= 0.6 is 0 Å². The van der Waals surface area contributed by atoms with Crippen LogP contribution in [0, 0.1) is 0 Å². The first-order valence-corrected chi connectivity index (χ1v) is 0.577. The Balaban J connectivity index is 0. The molecule has 0 atom stereocenters. The molecule has 0 aliphatic heterocycles. The molecule has 0 radical (unpaired) electrons. The van der Waals surface area contributed by atoms with E-state index in [4.69, 9.17) is 10.2 Å². The molecule has 26 valence electrons. The third-order valence-electron chi connectivity index (χ3n) is 0. The molecule has 0 rings (SSSR count). The van der Waals surface area contributed by atoms with E-state index in [0.29, 0.717) is 0 Å². The van der Waals surface area contributed by atoms with E-state index in [0.717, 1.165) is 0 Å². The van der Waals surface area contributed by atoms with Crippen LogP contribution in [0.2, 0.25) is 0 Å². The Labute approximate surface area is 34.9 Å². The molecule has 0 unspecified atom stereocenters. The summed E-state index contributed by atoms with van der Waals surface area (Å²) in [5.74, 6) is 0. The van der Waals surface area contributed by atoms with Gasteiger partial charge in [0.1, 0.15) is 0 Å². The normalized spacial score (nSPS) is 4.50. The predicted molar refractivity (Wildman–Crippen MR) is 4.87 cm³/mol. The largest absolute Gasteiger partial charge is 2.00 e. The predicted octanol–water partition coefficient (Wildman–Crippen LogP) is -2.34. The molecule has 3 heteroatoms. The topological polar surface area (TPSA) is 46.1 Å². The zero-order chi connectivity index (χ0) is 2.71. The van der Waals surface area contributed by atoms with Crippen LogP contribution in [0.3, 0.4) is 0 Å². The fourth-order valence-corrected chi connectivity index (χ4v) is 0. The van der Waals surface area contributed by atoms with E-state index < -0.39 is 6.79 Å². The summed E-state index contributed by atoms with van der Waals surface area (Å²) in [6.45, 7) is -1.25. The van der Waals surface area contributed by atoms with Gasteiger partial charge < -0.3 is 10.2 Å². The van der Waals surface area contributed by atoms with E-state index in [-0.39, 0.29) is 17.1 Å². The Hall–Kier alpha value is 0.439. The van der Waals surface area contributed by atoms with Gasteiger partial charge in [-0.05, 0) is 0 Å². The second kappa shape index (κ2) is 9.88. The molecule has 0 saturated heterocycles. The summed E-state index contributed by atoms with van der Waals surface area (Å²) in [6.07, 6.45) is 0. The maximum Gasteiger partial charge on any atom is 2.00 e. The van der Waals surface area contributed by atoms with Crippen molar-refractivity contribution >= 4 is 0 Å². The molecule has 2 nitrogen and oxygen atoms in total. The molecule has 0 aliphatic rings. The molecular weight excluding hydrogens is 99.9 g/mol. The van der Waals surface area contributed by atoms with Gasteiger partial charge in [0, 0.05) is 0 Å². The zero-order valence-electron chi connectivity index (χ0n) is 1.88. The molecule has 0 aromatic carbocycles. The molecule has 0 saturated carbocycles. The van der Waals surface area contributed by atoms with Crippen LogP contribution in [0.5, 0.6) is 0 Å². The number of hydrogen-bond donors (Lipinski definition) is 0. The van der Waals surface area contributed by atoms with Gasteiger partial charge in [0.05, 0.1) is 0 Å². The monoisotopic (exact) mass is 102 g/mol. The zero-order valence-corrected chi connectivity index (χ0v) is 2.98. The van der Waals surface area contributed by atoms with E-state index in [1.54, 1.807) is 0 Å². The van der Waals surface area contributed by atoms with Crippen LogP contribution in [0.15, 0.2) is 0 Å². The van der Waals surface area contributed by atoms with Crippen molar-refractivity contribution in [2.45, 2.75) is 0 Å². The number of rotatable bonds is 0. The summed E-state index contributed by atoms with van der Waals surface area (Å²) in [5.41, 5.74) is 0. The standard InChI is InChI=1S/CH2O2.Fe/c2-1-3;/h1H2;/q-2;+2. The maximum absolute atomic E-state index is 8.38. The van der Waals surface area contributed by atoms with Gasteiger partial charge in [0.2, 0.25) is 0 Å². The van der Waals surface area contributed by atoms with Crippen LogP contribution in [-0.2, 0) is 17.1 Å². The second-order valence-corrected chi connectivity index (χ2v) is 0.118. The van der Waals surface area contributed by atoms with E-state index in [2.05, 4.69) is 0 Å².